The number of urea groups is 1. The van der Waals surface area contributed by atoms with Crippen LogP contribution in [0.1, 0.15) is 24.0 Å². The SMILES string of the molecule is Cc1cccc2c1OCC(NC(=O)NCC1CCN(CCO)CC1)C2. The Morgan fingerprint density at radius 2 is 2.16 bits per heavy atom. The summed E-state index contributed by atoms with van der Waals surface area (Å²) in [7, 11) is 0. The molecule has 1 aromatic carbocycles. The number of amides is 2. The summed E-state index contributed by atoms with van der Waals surface area (Å²) >= 11 is 0. The van der Waals surface area contributed by atoms with Gasteiger partial charge in [0.1, 0.15) is 12.4 Å². The van der Waals surface area contributed by atoms with Crippen molar-refractivity contribution in [3.8, 4) is 5.75 Å². The lowest BCUT2D eigenvalue weighted by atomic mass is 9.97. The lowest BCUT2D eigenvalue weighted by Gasteiger charge is -2.31. The maximum atomic E-state index is 12.2. The fourth-order valence-corrected chi connectivity index (χ4v) is 3.71. The molecule has 6 heteroatoms. The number of benzene rings is 1. The number of rotatable bonds is 5. The number of β-amino-alcohol motifs (C(OH)–C–C–N with tert-alkyl or cyclic N) is 1. The quantitative estimate of drug-likeness (QED) is 0.751. The molecule has 0 radical (unpaired) electrons. The van der Waals surface area contributed by atoms with Crippen molar-refractivity contribution in [2.75, 3.05) is 39.4 Å². The van der Waals surface area contributed by atoms with Crippen LogP contribution >= 0.6 is 0 Å². The Kier molecular flexibility index (Phi) is 6.15. The van der Waals surface area contributed by atoms with Crippen molar-refractivity contribution in [1.82, 2.24) is 15.5 Å². The number of hydrogen-bond donors (Lipinski definition) is 3. The fourth-order valence-electron chi connectivity index (χ4n) is 3.71. The Hall–Kier alpha value is -1.79. The number of nitrogens with zero attached hydrogens (tertiary/aromatic N) is 1. The Labute approximate surface area is 149 Å². The Balaban J connectivity index is 1.39. The van der Waals surface area contributed by atoms with E-state index in [1.165, 1.54) is 0 Å². The highest BCUT2D eigenvalue weighted by Crippen LogP contribution is 2.28. The monoisotopic (exact) mass is 347 g/mol. The number of likely N-dealkylation sites (tertiary alicyclic amines) is 1. The Bertz CT molecular complexity index is 585. The van der Waals surface area contributed by atoms with Crippen LogP contribution in [0.2, 0.25) is 0 Å². The van der Waals surface area contributed by atoms with Crippen molar-refractivity contribution in [1.29, 1.82) is 0 Å². The third kappa shape index (κ3) is 4.86. The molecule has 0 bridgehead atoms. The molecule has 1 unspecified atom stereocenters. The molecule has 3 N–H and O–H groups in total. The summed E-state index contributed by atoms with van der Waals surface area (Å²) in [5.74, 6) is 1.49. The first-order valence-electron chi connectivity index (χ1n) is 9.24. The molecule has 1 atom stereocenters. The molecule has 0 saturated carbocycles. The van der Waals surface area contributed by atoms with E-state index in [0.717, 1.165) is 55.8 Å². The summed E-state index contributed by atoms with van der Waals surface area (Å²) < 4.78 is 5.83. The van der Waals surface area contributed by atoms with Crippen LogP contribution in [0.4, 0.5) is 4.79 Å². The van der Waals surface area contributed by atoms with Crippen LogP contribution in [-0.4, -0.2) is 61.5 Å². The van der Waals surface area contributed by atoms with Crippen LogP contribution in [0.3, 0.4) is 0 Å². The first-order chi connectivity index (χ1) is 12.2. The third-order valence-corrected chi connectivity index (χ3v) is 5.20. The Morgan fingerprint density at radius 3 is 2.92 bits per heavy atom. The summed E-state index contributed by atoms with van der Waals surface area (Å²) in [6, 6.07) is 6.05. The van der Waals surface area contributed by atoms with E-state index in [4.69, 9.17) is 9.84 Å². The second-order valence-corrected chi connectivity index (χ2v) is 7.14. The average molecular weight is 347 g/mol. The van der Waals surface area contributed by atoms with Crippen molar-refractivity contribution >= 4 is 6.03 Å². The molecule has 0 spiro atoms. The van der Waals surface area contributed by atoms with Gasteiger partial charge in [0.25, 0.3) is 0 Å². The lowest BCUT2D eigenvalue weighted by molar-refractivity contribution is 0.146. The average Bonchev–Trinajstić information content (AvgIpc) is 2.61. The summed E-state index contributed by atoms with van der Waals surface area (Å²) in [5.41, 5.74) is 2.31. The molecule has 3 rings (SSSR count). The van der Waals surface area contributed by atoms with Gasteiger partial charge in [0, 0.05) is 13.1 Å². The van der Waals surface area contributed by atoms with Crippen molar-refractivity contribution < 1.29 is 14.6 Å². The zero-order valence-corrected chi connectivity index (χ0v) is 15.0. The van der Waals surface area contributed by atoms with Gasteiger partial charge in [-0.15, -0.1) is 0 Å². The molecule has 1 aromatic rings. The minimum Gasteiger partial charge on any atom is -0.491 e. The number of aliphatic hydroxyl groups is 1. The van der Waals surface area contributed by atoms with E-state index in [1.807, 2.05) is 19.1 Å². The van der Waals surface area contributed by atoms with Crippen LogP contribution in [0.25, 0.3) is 0 Å². The van der Waals surface area contributed by atoms with Gasteiger partial charge in [0.2, 0.25) is 0 Å². The number of carbonyl (C=O) groups is 1. The van der Waals surface area contributed by atoms with Gasteiger partial charge in [-0.05, 0) is 56.3 Å². The number of piperidine rings is 1. The van der Waals surface area contributed by atoms with E-state index in [9.17, 15) is 4.79 Å². The molecular weight excluding hydrogens is 318 g/mol. The predicted octanol–water partition coefficient (Wildman–Crippen LogP) is 1.30. The number of carbonyl (C=O) groups excluding carboxylic acids is 1. The maximum absolute atomic E-state index is 12.2. The third-order valence-electron chi connectivity index (χ3n) is 5.20. The lowest BCUT2D eigenvalue weighted by Crippen LogP contribution is -2.49. The smallest absolute Gasteiger partial charge is 0.315 e. The first kappa shape index (κ1) is 18.0. The maximum Gasteiger partial charge on any atom is 0.315 e. The topological polar surface area (TPSA) is 73.8 Å². The minimum atomic E-state index is -0.109. The number of aliphatic hydroxyl groups excluding tert-OH is 1. The summed E-state index contributed by atoms with van der Waals surface area (Å²) in [5, 5.41) is 15.0. The van der Waals surface area contributed by atoms with Crippen LogP contribution in [0.5, 0.6) is 5.75 Å². The summed E-state index contributed by atoms with van der Waals surface area (Å²) in [4.78, 5) is 14.5. The van der Waals surface area contributed by atoms with Crippen LogP contribution in [-0.2, 0) is 6.42 Å². The van der Waals surface area contributed by atoms with Crippen LogP contribution in [0, 0.1) is 12.8 Å². The van der Waals surface area contributed by atoms with Crippen molar-refractivity contribution in [3.05, 3.63) is 29.3 Å². The summed E-state index contributed by atoms with van der Waals surface area (Å²) in [6.45, 7) is 6.25. The molecule has 138 valence electrons. The molecule has 2 amide bonds. The molecule has 0 aromatic heterocycles. The number of fused-ring (bicyclic) bond motifs is 1. The van der Waals surface area contributed by atoms with Gasteiger partial charge in [-0.1, -0.05) is 18.2 Å². The molecule has 0 aliphatic carbocycles. The highest BCUT2D eigenvalue weighted by atomic mass is 16.5. The standard InChI is InChI=1S/C19H29N3O3/c1-14-3-2-4-16-11-17(13-25-18(14)16)21-19(24)20-12-15-5-7-22(8-6-15)9-10-23/h2-4,15,17,23H,5-13H2,1H3,(H2,20,21,24). The highest BCUT2D eigenvalue weighted by molar-refractivity contribution is 5.74. The van der Waals surface area contributed by atoms with Gasteiger partial charge in [-0.25, -0.2) is 4.79 Å². The van der Waals surface area contributed by atoms with E-state index in [1.54, 1.807) is 0 Å². The number of nitrogens with one attached hydrogen (secondary N) is 2. The first-order valence-corrected chi connectivity index (χ1v) is 9.24. The second-order valence-electron chi connectivity index (χ2n) is 7.14. The van der Waals surface area contributed by atoms with Crippen LogP contribution < -0.4 is 15.4 Å². The van der Waals surface area contributed by atoms with Gasteiger partial charge >= 0.3 is 6.03 Å². The van der Waals surface area contributed by atoms with Gasteiger partial charge in [0.05, 0.1) is 12.6 Å². The molecule has 2 aliphatic rings. The van der Waals surface area contributed by atoms with Crippen molar-refractivity contribution in [2.45, 2.75) is 32.2 Å². The number of para-hydroxylation sites is 1. The number of aryl methyl sites for hydroxylation is 1. The van der Waals surface area contributed by atoms with E-state index in [0.29, 0.717) is 19.1 Å². The molecular formula is C19H29N3O3. The molecule has 1 saturated heterocycles. The molecule has 6 nitrogen and oxygen atoms in total. The van der Waals surface area contributed by atoms with Crippen molar-refractivity contribution in [2.24, 2.45) is 5.92 Å². The fraction of sp³-hybridized carbons (Fsp3) is 0.632. The van der Waals surface area contributed by atoms with Crippen molar-refractivity contribution in [3.63, 3.8) is 0 Å². The minimum absolute atomic E-state index is 0.0145. The second kappa shape index (κ2) is 8.54. The number of hydrogen-bond acceptors (Lipinski definition) is 4. The predicted molar refractivity (Wildman–Crippen MR) is 97.0 cm³/mol. The zero-order chi connectivity index (χ0) is 17.6. The Morgan fingerprint density at radius 1 is 1.36 bits per heavy atom. The molecule has 1 fully saturated rings. The van der Waals surface area contributed by atoms with E-state index >= 15 is 0 Å². The van der Waals surface area contributed by atoms with Gasteiger partial charge in [-0.2, -0.15) is 0 Å². The zero-order valence-electron chi connectivity index (χ0n) is 15.0. The van der Waals surface area contributed by atoms with E-state index in [2.05, 4.69) is 21.6 Å². The molecule has 2 heterocycles. The normalized spacial score (nSPS) is 21.3. The van der Waals surface area contributed by atoms with E-state index in [-0.39, 0.29) is 18.7 Å². The van der Waals surface area contributed by atoms with Gasteiger partial charge < -0.3 is 25.4 Å². The van der Waals surface area contributed by atoms with E-state index < -0.39 is 0 Å². The van der Waals surface area contributed by atoms with Gasteiger partial charge in [0.15, 0.2) is 0 Å². The molecule has 2 aliphatic heterocycles. The summed E-state index contributed by atoms with van der Waals surface area (Å²) in [6.07, 6.45) is 2.95. The molecule has 25 heavy (non-hydrogen) atoms. The number of ether oxygens (including phenoxy) is 1. The van der Waals surface area contributed by atoms with Crippen LogP contribution in [0.15, 0.2) is 18.2 Å². The highest BCUT2D eigenvalue weighted by Gasteiger charge is 2.23. The van der Waals surface area contributed by atoms with Gasteiger partial charge in [-0.3, -0.25) is 0 Å². The largest absolute Gasteiger partial charge is 0.491 e.